The normalized spacial score (nSPS) is 12.5. The molecule has 2 aromatic heterocycles. The summed E-state index contributed by atoms with van der Waals surface area (Å²) in [7, 11) is 0. The zero-order chi connectivity index (χ0) is 13.4. The zero-order valence-electron chi connectivity index (χ0n) is 10.0. The molecular formula is C16H6Br2S2. The molecular weight excluding hydrogens is 416 g/mol. The number of fused-ring (bicyclic) bond motifs is 2. The van der Waals surface area contributed by atoms with E-state index in [1.807, 2.05) is 22.7 Å². The van der Waals surface area contributed by atoms with Gasteiger partial charge in [0.1, 0.15) is 0 Å². The molecule has 0 nitrogen and oxygen atoms in total. The molecule has 0 aliphatic rings. The Bertz CT molecular complexity index is 1030. The van der Waals surface area contributed by atoms with Crippen LogP contribution in [0.5, 0.6) is 0 Å². The van der Waals surface area contributed by atoms with Crippen LogP contribution in [0.3, 0.4) is 0 Å². The third-order valence-electron chi connectivity index (χ3n) is 3.88. The summed E-state index contributed by atoms with van der Waals surface area (Å²) in [6.07, 6.45) is 0. The third-order valence-corrected chi connectivity index (χ3v) is 7.53. The molecule has 2 heterocycles. The molecule has 0 spiro atoms. The Kier molecular flexibility index (Phi) is 2.35. The number of halogens is 2. The Morgan fingerprint density at radius 3 is 1.50 bits per heavy atom. The van der Waals surface area contributed by atoms with Gasteiger partial charge in [0.25, 0.3) is 0 Å². The fourth-order valence-corrected chi connectivity index (χ4v) is 6.94. The molecule has 0 unspecified atom stereocenters. The van der Waals surface area contributed by atoms with E-state index in [0.717, 1.165) is 0 Å². The molecule has 0 N–H and O–H groups in total. The predicted octanol–water partition coefficient (Wildman–Crippen LogP) is 7.39. The van der Waals surface area contributed by atoms with Crippen LogP contribution >= 0.6 is 54.5 Å². The van der Waals surface area contributed by atoms with Crippen molar-refractivity contribution in [1.82, 2.24) is 0 Å². The van der Waals surface area contributed by atoms with Crippen LogP contribution in [0.4, 0.5) is 0 Å². The fourth-order valence-electron chi connectivity index (χ4n) is 3.14. The van der Waals surface area contributed by atoms with Gasteiger partial charge in [-0.3, -0.25) is 0 Å². The number of rotatable bonds is 0. The maximum absolute atomic E-state index is 3.77. The lowest BCUT2D eigenvalue weighted by Gasteiger charge is -2.06. The van der Waals surface area contributed by atoms with Gasteiger partial charge in [0.15, 0.2) is 0 Å². The largest absolute Gasteiger partial charge is 0.128 e. The Hall–Kier alpha value is -0.680. The van der Waals surface area contributed by atoms with Gasteiger partial charge in [-0.25, -0.2) is 0 Å². The van der Waals surface area contributed by atoms with E-state index < -0.39 is 0 Å². The van der Waals surface area contributed by atoms with Crippen molar-refractivity contribution in [2.45, 2.75) is 0 Å². The molecule has 0 bridgehead atoms. The first-order valence-corrected chi connectivity index (χ1v) is 9.40. The summed E-state index contributed by atoms with van der Waals surface area (Å²) in [6, 6.07) is 13.2. The molecule has 96 valence electrons. The molecule has 5 aromatic rings. The van der Waals surface area contributed by atoms with Gasteiger partial charge in [-0.05, 0) is 54.8 Å². The van der Waals surface area contributed by atoms with E-state index in [9.17, 15) is 0 Å². The minimum absolute atomic E-state index is 1.24. The van der Waals surface area contributed by atoms with Crippen molar-refractivity contribution < 1.29 is 0 Å². The van der Waals surface area contributed by atoms with E-state index in [2.05, 4.69) is 68.3 Å². The van der Waals surface area contributed by atoms with Crippen LogP contribution in [0, 0.1) is 0 Å². The number of hydrogen-bond acceptors (Lipinski definition) is 2. The SMILES string of the molecule is Brc1sc2cccc3c4c(Br)sc5cccc(c1c23)c54. The monoisotopic (exact) mass is 420 g/mol. The smallest absolute Gasteiger partial charge is 0.0789 e. The van der Waals surface area contributed by atoms with Crippen LogP contribution < -0.4 is 0 Å². The Balaban J connectivity index is 2.35. The lowest BCUT2D eigenvalue weighted by molar-refractivity contribution is 1.90. The van der Waals surface area contributed by atoms with E-state index in [4.69, 9.17) is 0 Å². The quantitative estimate of drug-likeness (QED) is 0.229. The molecule has 5 rings (SSSR count). The molecule has 0 aliphatic heterocycles. The van der Waals surface area contributed by atoms with E-state index in [1.54, 1.807) is 0 Å². The third kappa shape index (κ3) is 1.31. The maximum Gasteiger partial charge on any atom is 0.0789 e. The van der Waals surface area contributed by atoms with Gasteiger partial charge in [0, 0.05) is 30.9 Å². The van der Waals surface area contributed by atoms with Gasteiger partial charge in [0.2, 0.25) is 0 Å². The number of hydrogen-bond donors (Lipinski definition) is 0. The standard InChI is InChI=1S/C16H6Br2S2/c17-15-13-7-3-1-5-9-11(7)14(16(18)19-9)8-4-2-6-10(20-15)12(8)13/h1-6H. The highest BCUT2D eigenvalue weighted by Gasteiger charge is 2.19. The highest BCUT2D eigenvalue weighted by atomic mass is 79.9. The minimum atomic E-state index is 1.24. The van der Waals surface area contributed by atoms with Gasteiger partial charge in [0.05, 0.1) is 7.57 Å². The second-order valence-electron chi connectivity index (χ2n) is 4.86. The predicted molar refractivity (Wildman–Crippen MR) is 98.8 cm³/mol. The Morgan fingerprint density at radius 1 is 0.600 bits per heavy atom. The van der Waals surface area contributed by atoms with Crippen LogP contribution in [-0.4, -0.2) is 0 Å². The Labute approximate surface area is 139 Å². The zero-order valence-corrected chi connectivity index (χ0v) is 14.8. The fraction of sp³-hybridized carbons (Fsp3) is 0. The topological polar surface area (TPSA) is 0 Å². The number of thiophene rings is 2. The molecule has 0 aliphatic carbocycles. The first kappa shape index (κ1) is 11.9. The molecule has 0 atom stereocenters. The van der Waals surface area contributed by atoms with E-state index in [0.29, 0.717) is 0 Å². The second-order valence-corrected chi connectivity index (χ2v) is 9.60. The van der Waals surface area contributed by atoms with Crippen molar-refractivity contribution in [1.29, 1.82) is 0 Å². The van der Waals surface area contributed by atoms with E-state index in [-0.39, 0.29) is 0 Å². The lowest BCUT2D eigenvalue weighted by atomic mass is 9.97. The molecule has 4 heteroatoms. The maximum atomic E-state index is 3.77. The second kappa shape index (κ2) is 3.95. The molecule has 0 saturated heterocycles. The summed E-state index contributed by atoms with van der Waals surface area (Å²) in [5, 5.41) is 8.23. The Morgan fingerprint density at radius 2 is 1.05 bits per heavy atom. The van der Waals surface area contributed by atoms with E-state index in [1.165, 1.54) is 49.3 Å². The van der Waals surface area contributed by atoms with Crippen LogP contribution in [0.25, 0.3) is 41.7 Å². The minimum Gasteiger partial charge on any atom is -0.128 e. The van der Waals surface area contributed by atoms with Crippen molar-refractivity contribution in [3.05, 3.63) is 44.0 Å². The molecule has 20 heavy (non-hydrogen) atoms. The average molecular weight is 422 g/mol. The molecule has 0 amide bonds. The van der Waals surface area contributed by atoms with Gasteiger partial charge in [-0.2, -0.15) is 0 Å². The lowest BCUT2D eigenvalue weighted by Crippen LogP contribution is -1.79. The molecule has 0 saturated carbocycles. The van der Waals surface area contributed by atoms with Crippen LogP contribution in [0.2, 0.25) is 0 Å². The average Bonchev–Trinajstić information content (AvgIpc) is 2.95. The van der Waals surface area contributed by atoms with Crippen LogP contribution in [-0.2, 0) is 0 Å². The van der Waals surface area contributed by atoms with Gasteiger partial charge in [-0.15, -0.1) is 22.7 Å². The summed E-state index contributed by atoms with van der Waals surface area (Å²) in [5.41, 5.74) is 0. The van der Waals surface area contributed by atoms with Crippen molar-refractivity contribution in [2.24, 2.45) is 0 Å². The summed E-state index contributed by atoms with van der Waals surface area (Å²) in [5.74, 6) is 0. The molecule has 0 fully saturated rings. The van der Waals surface area contributed by atoms with Crippen LogP contribution in [0.15, 0.2) is 44.0 Å². The van der Waals surface area contributed by atoms with Crippen molar-refractivity contribution in [3.8, 4) is 0 Å². The van der Waals surface area contributed by atoms with E-state index >= 15 is 0 Å². The van der Waals surface area contributed by atoms with Crippen LogP contribution in [0.1, 0.15) is 0 Å². The molecule has 3 aromatic carbocycles. The van der Waals surface area contributed by atoms with Crippen molar-refractivity contribution in [3.63, 3.8) is 0 Å². The first-order chi connectivity index (χ1) is 9.75. The van der Waals surface area contributed by atoms with Gasteiger partial charge < -0.3 is 0 Å². The summed E-state index contributed by atoms with van der Waals surface area (Å²) >= 11 is 11.2. The number of benzene rings is 3. The summed E-state index contributed by atoms with van der Waals surface area (Å²) in [6.45, 7) is 0. The van der Waals surface area contributed by atoms with Gasteiger partial charge in [-0.1, -0.05) is 24.3 Å². The van der Waals surface area contributed by atoms with Crippen molar-refractivity contribution in [2.75, 3.05) is 0 Å². The highest BCUT2D eigenvalue weighted by Crippen LogP contribution is 2.50. The highest BCUT2D eigenvalue weighted by molar-refractivity contribution is 9.11. The molecule has 0 radical (unpaired) electrons. The van der Waals surface area contributed by atoms with Gasteiger partial charge >= 0.3 is 0 Å². The summed E-state index contributed by atoms with van der Waals surface area (Å²) in [4.78, 5) is 0. The first-order valence-electron chi connectivity index (χ1n) is 6.18. The summed E-state index contributed by atoms with van der Waals surface area (Å²) < 4.78 is 5.18. The van der Waals surface area contributed by atoms with Crippen molar-refractivity contribution >= 4 is 96.3 Å².